The van der Waals surface area contributed by atoms with Crippen molar-refractivity contribution < 1.29 is 33.4 Å². The molecule has 3 aromatic rings. The normalized spacial score (nSPS) is 21.4. The van der Waals surface area contributed by atoms with Crippen LogP contribution < -0.4 is 16.0 Å². The Morgan fingerprint density at radius 1 is 1.06 bits per heavy atom. The topological polar surface area (TPSA) is 131 Å². The highest BCUT2D eigenvalue weighted by atomic mass is 19.1. The molecule has 0 bridgehead atoms. The lowest BCUT2D eigenvalue weighted by molar-refractivity contribution is -0.144. The van der Waals surface area contributed by atoms with Crippen LogP contribution in [0.25, 0.3) is 0 Å². The summed E-state index contributed by atoms with van der Waals surface area (Å²) in [6, 6.07) is 15.3. The van der Waals surface area contributed by atoms with E-state index in [1.165, 1.54) is 24.0 Å². The average molecular weight is 677 g/mol. The van der Waals surface area contributed by atoms with E-state index in [0.29, 0.717) is 25.7 Å². The summed E-state index contributed by atoms with van der Waals surface area (Å²) in [4.78, 5) is 42.5. The Morgan fingerprint density at radius 3 is 2.45 bits per heavy atom. The Bertz CT molecular complexity index is 1640. The second-order valence-corrected chi connectivity index (χ2v) is 13.4. The van der Waals surface area contributed by atoms with E-state index in [0.717, 1.165) is 22.8 Å². The molecular weight excluding hydrogens is 630 g/mol. The molecule has 1 fully saturated rings. The molecule has 0 aromatic heterocycles. The summed E-state index contributed by atoms with van der Waals surface area (Å²) in [6.07, 6.45) is 0.750. The number of carbonyl (C=O) groups excluding carboxylic acids is 3. The van der Waals surface area contributed by atoms with Crippen molar-refractivity contribution in [1.29, 1.82) is 0 Å². The molecule has 2 unspecified atom stereocenters. The van der Waals surface area contributed by atoms with E-state index in [-0.39, 0.29) is 55.0 Å². The number of benzene rings is 3. The lowest BCUT2D eigenvalue weighted by Gasteiger charge is -2.37. The fraction of sp³-hybridized carbons (Fsp3) is 0.447. The molecule has 0 spiro atoms. The zero-order chi connectivity index (χ0) is 35.3. The molecule has 2 heterocycles. The fourth-order valence-corrected chi connectivity index (χ4v) is 7.39. The molecule has 3 amide bonds. The van der Waals surface area contributed by atoms with Crippen molar-refractivity contribution >= 4 is 17.7 Å². The van der Waals surface area contributed by atoms with E-state index >= 15 is 0 Å². The summed E-state index contributed by atoms with van der Waals surface area (Å²) in [5, 5.41) is 31.3. The Kier molecular flexibility index (Phi) is 11.3. The second kappa shape index (κ2) is 15.5. The number of carbonyl (C=O) groups is 3. The predicted octanol–water partition coefficient (Wildman–Crippen LogP) is 3.93. The van der Waals surface area contributed by atoms with Gasteiger partial charge in [-0.3, -0.25) is 14.4 Å². The lowest BCUT2D eigenvalue weighted by atomic mass is 9.81. The number of aromatic hydroxyl groups is 1. The molecule has 5 N–H and O–H groups in total. The Balaban J connectivity index is 1.46. The first kappa shape index (κ1) is 35.9. The number of aliphatic hydroxyl groups excluding tert-OH is 1. The van der Waals surface area contributed by atoms with Crippen LogP contribution in [0, 0.1) is 17.6 Å². The van der Waals surface area contributed by atoms with Gasteiger partial charge in [0.15, 0.2) is 0 Å². The first-order chi connectivity index (χ1) is 23.4. The maximum Gasteiger partial charge on any atom is 0.249 e. The Morgan fingerprint density at radius 2 is 1.78 bits per heavy atom. The molecule has 0 radical (unpaired) electrons. The summed E-state index contributed by atoms with van der Waals surface area (Å²) in [5.41, 5.74) is 1.62. The van der Waals surface area contributed by atoms with Crippen LogP contribution in [0.1, 0.15) is 62.3 Å². The number of phenolic OH excluding ortho intramolecular Hbond substituents is 1. The van der Waals surface area contributed by atoms with E-state index < -0.39 is 47.3 Å². The third-order valence-corrected chi connectivity index (χ3v) is 10.2. The van der Waals surface area contributed by atoms with Gasteiger partial charge in [0.05, 0.1) is 12.1 Å². The number of hydrogen-bond donors (Lipinski definition) is 5. The van der Waals surface area contributed by atoms with E-state index in [9.17, 15) is 33.4 Å². The minimum Gasteiger partial charge on any atom is -0.508 e. The minimum atomic E-state index is -1.21. The van der Waals surface area contributed by atoms with Gasteiger partial charge in [0.1, 0.15) is 29.0 Å². The zero-order valence-corrected chi connectivity index (χ0v) is 28.2. The summed E-state index contributed by atoms with van der Waals surface area (Å²) >= 11 is 0. The number of halogens is 2. The van der Waals surface area contributed by atoms with Crippen LogP contribution in [0.4, 0.5) is 8.78 Å². The molecule has 3 aromatic carbocycles. The predicted molar refractivity (Wildman–Crippen MR) is 181 cm³/mol. The minimum absolute atomic E-state index is 0.0886. The van der Waals surface area contributed by atoms with Crippen LogP contribution in [0.15, 0.2) is 66.7 Å². The van der Waals surface area contributed by atoms with Gasteiger partial charge in [-0.15, -0.1) is 0 Å². The van der Waals surface area contributed by atoms with Gasteiger partial charge in [0.2, 0.25) is 17.7 Å². The van der Waals surface area contributed by atoms with Crippen molar-refractivity contribution in [2.75, 3.05) is 6.54 Å². The largest absolute Gasteiger partial charge is 0.508 e. The number of likely N-dealkylation sites (tertiary alicyclic amines) is 1. The van der Waals surface area contributed by atoms with Crippen LogP contribution >= 0.6 is 0 Å². The van der Waals surface area contributed by atoms with Crippen molar-refractivity contribution in [1.82, 2.24) is 20.9 Å². The quantitative estimate of drug-likeness (QED) is 0.187. The summed E-state index contributed by atoms with van der Waals surface area (Å²) in [5.74, 6) is -2.79. The highest BCUT2D eigenvalue weighted by molar-refractivity contribution is 5.96. The summed E-state index contributed by atoms with van der Waals surface area (Å²) < 4.78 is 28.6. The maximum absolute atomic E-state index is 14.4. The molecule has 6 atom stereocenters. The molecular formula is C38H46F2N4O5. The van der Waals surface area contributed by atoms with Crippen molar-refractivity contribution in [3.63, 3.8) is 0 Å². The monoisotopic (exact) mass is 676 g/mol. The number of aryl methyl sites for hydroxylation is 1. The van der Waals surface area contributed by atoms with Crippen molar-refractivity contribution in [3.8, 4) is 5.75 Å². The Labute approximate surface area is 286 Å². The Hall–Kier alpha value is -4.35. The van der Waals surface area contributed by atoms with Gasteiger partial charge in [-0.2, -0.15) is 0 Å². The van der Waals surface area contributed by atoms with E-state index in [4.69, 9.17) is 0 Å². The molecule has 2 aliphatic rings. The number of amides is 3. The standard InChI is InChI=1S/C38H46F2N4O5/c1-4-23(2)38(43-24(3)45)15-16-44(37(38)49)33(14-13-25-9-6-5-7-10-25)36(48)42-32(19-26-17-28(39)21-29(40)18-26)35(47)31-20-27-11-8-12-34(46)30(27)22-41-31/h5-12,17-18,21,23,31-33,35,41,46-47H,4,13-16,19-20,22H2,1-3H3,(H,42,48)(H,43,45)/t23?,31?,32-,33-,35+,38-/m0/s1. The molecule has 9 nitrogen and oxygen atoms in total. The SMILES string of the molecule is CCC(C)[C@@]1(NC(C)=O)CCN([C@@H](CCc2ccccc2)C(=O)N[C@@H](Cc2cc(F)cc(F)c2)[C@H](O)C2Cc3cccc(O)c3CN2)C1=O. The van der Waals surface area contributed by atoms with E-state index in [1.807, 2.05) is 50.2 Å². The first-order valence-corrected chi connectivity index (χ1v) is 17.0. The van der Waals surface area contributed by atoms with Gasteiger partial charge >= 0.3 is 0 Å². The number of rotatable bonds is 13. The number of nitrogens with zero attached hydrogens (tertiary/aromatic N) is 1. The molecule has 2 aliphatic heterocycles. The van der Waals surface area contributed by atoms with Crippen LogP contribution in [-0.4, -0.2) is 69.1 Å². The average Bonchev–Trinajstić information content (AvgIpc) is 3.39. The second-order valence-electron chi connectivity index (χ2n) is 13.4. The molecule has 5 rings (SSSR count). The van der Waals surface area contributed by atoms with E-state index in [2.05, 4.69) is 16.0 Å². The van der Waals surface area contributed by atoms with Gasteiger partial charge in [0.25, 0.3) is 0 Å². The van der Waals surface area contributed by atoms with Gasteiger partial charge in [-0.25, -0.2) is 8.78 Å². The van der Waals surface area contributed by atoms with E-state index in [1.54, 1.807) is 12.1 Å². The molecule has 49 heavy (non-hydrogen) atoms. The van der Waals surface area contributed by atoms with Gasteiger partial charge in [-0.1, -0.05) is 62.7 Å². The van der Waals surface area contributed by atoms with Gasteiger partial charge < -0.3 is 31.1 Å². The highest BCUT2D eigenvalue weighted by Gasteiger charge is 2.53. The van der Waals surface area contributed by atoms with Crippen LogP contribution in [-0.2, 0) is 40.2 Å². The van der Waals surface area contributed by atoms with Gasteiger partial charge in [0, 0.05) is 37.7 Å². The molecule has 0 saturated carbocycles. The van der Waals surface area contributed by atoms with Crippen molar-refractivity contribution in [2.24, 2.45) is 5.92 Å². The third-order valence-electron chi connectivity index (χ3n) is 10.2. The number of phenols is 1. The number of fused-ring (bicyclic) bond motifs is 1. The van der Waals surface area contributed by atoms with Crippen molar-refractivity contribution in [2.45, 2.75) is 95.6 Å². The molecule has 0 aliphatic carbocycles. The first-order valence-electron chi connectivity index (χ1n) is 17.0. The van der Waals surface area contributed by atoms with Crippen LogP contribution in [0.3, 0.4) is 0 Å². The molecule has 1 saturated heterocycles. The summed E-state index contributed by atoms with van der Waals surface area (Å²) in [7, 11) is 0. The lowest BCUT2D eigenvalue weighted by Crippen LogP contribution is -2.61. The zero-order valence-electron chi connectivity index (χ0n) is 28.2. The van der Waals surface area contributed by atoms with Crippen LogP contribution in [0.2, 0.25) is 0 Å². The van der Waals surface area contributed by atoms with Crippen LogP contribution in [0.5, 0.6) is 5.75 Å². The van der Waals surface area contributed by atoms with Gasteiger partial charge in [-0.05, 0) is 72.9 Å². The number of aliphatic hydroxyl groups is 1. The fourth-order valence-electron chi connectivity index (χ4n) is 7.39. The summed E-state index contributed by atoms with van der Waals surface area (Å²) in [6.45, 7) is 5.75. The maximum atomic E-state index is 14.4. The smallest absolute Gasteiger partial charge is 0.249 e. The molecule has 11 heteroatoms. The third kappa shape index (κ3) is 8.11. The molecule has 262 valence electrons. The van der Waals surface area contributed by atoms with Crippen molar-refractivity contribution in [3.05, 3.63) is 101 Å². The number of nitrogens with one attached hydrogen (secondary N) is 3. The number of hydrogen-bond acceptors (Lipinski definition) is 6. The highest BCUT2D eigenvalue weighted by Crippen LogP contribution is 2.35.